The summed E-state index contributed by atoms with van der Waals surface area (Å²) in [5, 5.41) is 0. The average molecular weight is 445 g/mol. The molecule has 1 fully saturated rings. The minimum absolute atomic E-state index is 0.195. The quantitative estimate of drug-likeness (QED) is 0.707. The Bertz CT molecular complexity index is 936. The normalized spacial score (nSPS) is 14.9. The smallest absolute Gasteiger partial charge is 0.324 e. The molecule has 8 heteroatoms. The van der Waals surface area contributed by atoms with E-state index in [0.717, 1.165) is 5.56 Å². The number of carbonyl (C=O) groups excluding carboxylic acids is 2. The van der Waals surface area contributed by atoms with E-state index in [9.17, 15) is 18.4 Å². The Kier molecular flexibility index (Phi) is 7.45. The predicted molar refractivity (Wildman–Crippen MR) is 121 cm³/mol. The first-order valence-corrected chi connectivity index (χ1v) is 10.7. The summed E-state index contributed by atoms with van der Waals surface area (Å²) in [7, 11) is 0. The van der Waals surface area contributed by atoms with E-state index in [1.807, 2.05) is 4.90 Å². The molecule has 0 spiro atoms. The highest BCUT2D eigenvalue weighted by Gasteiger charge is 2.29. The van der Waals surface area contributed by atoms with Crippen LogP contribution in [-0.4, -0.2) is 60.1 Å². The third-order valence-corrected chi connectivity index (χ3v) is 5.43. The summed E-state index contributed by atoms with van der Waals surface area (Å²) >= 11 is 0. The largest absolute Gasteiger partial charge is 0.366 e. The van der Waals surface area contributed by atoms with Crippen LogP contribution in [0.2, 0.25) is 0 Å². The third kappa shape index (κ3) is 6.26. The Balaban J connectivity index is 1.79. The number of anilines is 1. The molecule has 0 aliphatic carbocycles. The van der Waals surface area contributed by atoms with Crippen LogP contribution in [0.3, 0.4) is 0 Å². The monoisotopic (exact) mass is 444 g/mol. The minimum atomic E-state index is -1.29. The molecule has 3 rings (SSSR count). The number of urea groups is 1. The van der Waals surface area contributed by atoms with Crippen LogP contribution in [0, 0.1) is 0 Å². The van der Waals surface area contributed by atoms with Gasteiger partial charge in [0, 0.05) is 44.0 Å². The van der Waals surface area contributed by atoms with Crippen molar-refractivity contribution in [2.75, 3.05) is 37.6 Å². The molecule has 1 heterocycles. The molecule has 2 aromatic rings. The van der Waals surface area contributed by atoms with Crippen LogP contribution >= 0.6 is 0 Å². The van der Waals surface area contributed by atoms with Gasteiger partial charge in [0.05, 0.1) is 6.54 Å². The van der Waals surface area contributed by atoms with Crippen molar-refractivity contribution < 1.29 is 18.4 Å². The highest BCUT2D eigenvalue weighted by atomic mass is 19.1. The molecule has 0 bridgehead atoms. The van der Waals surface area contributed by atoms with Gasteiger partial charge in [0.25, 0.3) is 0 Å². The second-order valence-electron chi connectivity index (χ2n) is 8.72. The molecule has 3 amide bonds. The van der Waals surface area contributed by atoms with Crippen molar-refractivity contribution in [3.05, 3.63) is 65.2 Å². The molecular weight excluding hydrogens is 414 g/mol. The Morgan fingerprint density at radius 3 is 2.25 bits per heavy atom. The van der Waals surface area contributed by atoms with Crippen LogP contribution in [-0.2, 0) is 13.2 Å². The van der Waals surface area contributed by atoms with E-state index in [1.165, 1.54) is 0 Å². The van der Waals surface area contributed by atoms with Gasteiger partial charge in [0.2, 0.25) is 5.91 Å². The maximum atomic E-state index is 14.0. The van der Waals surface area contributed by atoms with Crippen molar-refractivity contribution in [3.8, 4) is 0 Å². The van der Waals surface area contributed by atoms with Gasteiger partial charge < -0.3 is 10.6 Å². The second kappa shape index (κ2) is 10.1. The lowest BCUT2D eigenvalue weighted by atomic mass is 10.1. The zero-order chi connectivity index (χ0) is 23.3. The number of nitrogens with two attached hydrogens (primary N) is 1. The summed E-state index contributed by atoms with van der Waals surface area (Å²) in [5.41, 5.74) is 6.30. The van der Waals surface area contributed by atoms with Gasteiger partial charge in [0.15, 0.2) is 0 Å². The number of benzene rings is 2. The molecular formula is C24H30F2N4O2. The number of hydrogen-bond donors (Lipinski definition) is 1. The Morgan fingerprint density at radius 1 is 1.03 bits per heavy atom. The lowest BCUT2D eigenvalue weighted by Gasteiger charge is -2.39. The van der Waals surface area contributed by atoms with E-state index in [-0.39, 0.29) is 12.6 Å². The van der Waals surface area contributed by atoms with Crippen molar-refractivity contribution in [2.45, 2.75) is 32.7 Å². The van der Waals surface area contributed by atoms with Crippen LogP contribution in [0.1, 0.15) is 35.3 Å². The van der Waals surface area contributed by atoms with Gasteiger partial charge in [-0.05, 0) is 49.2 Å². The maximum absolute atomic E-state index is 14.0. The number of nitrogens with zero attached hydrogens (tertiary/aromatic N) is 3. The average Bonchev–Trinajstić information content (AvgIpc) is 2.77. The molecule has 0 aromatic heterocycles. The number of carbonyl (C=O) groups is 2. The molecule has 1 saturated heterocycles. The third-order valence-electron chi connectivity index (χ3n) is 5.43. The zero-order valence-corrected chi connectivity index (χ0v) is 18.6. The molecule has 2 N–H and O–H groups in total. The molecule has 0 unspecified atom stereocenters. The standard InChI is InChI=1S/C24H30F2N4O2/c1-24(2,26)17-28-10-12-29(13-11-28)23(32)30(21-5-3-4-19(14-21)15-25)16-18-6-8-20(9-7-18)22(27)31/h3-9,14H,10-13,15-17H2,1-2H3,(H2,27,31). The fourth-order valence-electron chi connectivity index (χ4n) is 3.83. The molecule has 0 saturated carbocycles. The summed E-state index contributed by atoms with van der Waals surface area (Å²) in [6.07, 6.45) is 0. The Hall–Kier alpha value is -3.00. The fraction of sp³-hybridized carbons (Fsp3) is 0.417. The fourth-order valence-corrected chi connectivity index (χ4v) is 3.83. The SMILES string of the molecule is CC(C)(F)CN1CCN(C(=O)N(Cc2ccc(C(N)=O)cc2)c2cccc(CF)c2)CC1. The Labute approximate surface area is 187 Å². The van der Waals surface area contributed by atoms with Gasteiger partial charge in [-0.1, -0.05) is 24.3 Å². The molecule has 2 aromatic carbocycles. The van der Waals surface area contributed by atoms with Crippen LogP contribution in [0.25, 0.3) is 0 Å². The van der Waals surface area contributed by atoms with Gasteiger partial charge in [-0.15, -0.1) is 0 Å². The lowest BCUT2D eigenvalue weighted by molar-refractivity contribution is 0.0867. The topological polar surface area (TPSA) is 69.9 Å². The molecule has 172 valence electrons. The number of piperazine rings is 1. The number of primary amides is 1. The second-order valence-corrected chi connectivity index (χ2v) is 8.72. The van der Waals surface area contributed by atoms with Gasteiger partial charge in [-0.25, -0.2) is 13.6 Å². The summed E-state index contributed by atoms with van der Waals surface area (Å²) in [6.45, 7) is 5.19. The van der Waals surface area contributed by atoms with Gasteiger partial charge >= 0.3 is 6.03 Å². The number of hydrogen-bond acceptors (Lipinski definition) is 3. The first kappa shape index (κ1) is 23.7. The molecule has 0 atom stereocenters. The van der Waals surface area contributed by atoms with Crippen LogP contribution in [0.15, 0.2) is 48.5 Å². The first-order valence-electron chi connectivity index (χ1n) is 10.7. The van der Waals surface area contributed by atoms with Crippen molar-refractivity contribution in [3.63, 3.8) is 0 Å². The number of halogens is 2. The van der Waals surface area contributed by atoms with Gasteiger partial charge in [-0.3, -0.25) is 14.6 Å². The van der Waals surface area contributed by atoms with Gasteiger partial charge in [-0.2, -0.15) is 0 Å². The molecule has 1 aliphatic heterocycles. The first-order chi connectivity index (χ1) is 15.2. The lowest BCUT2D eigenvalue weighted by Crippen LogP contribution is -2.54. The van der Waals surface area contributed by atoms with Crippen LogP contribution in [0.5, 0.6) is 0 Å². The highest BCUT2D eigenvalue weighted by Crippen LogP contribution is 2.23. The van der Waals surface area contributed by atoms with Crippen LogP contribution < -0.4 is 10.6 Å². The zero-order valence-electron chi connectivity index (χ0n) is 18.6. The van der Waals surface area contributed by atoms with Crippen molar-refractivity contribution in [2.24, 2.45) is 5.73 Å². The van der Waals surface area contributed by atoms with E-state index in [4.69, 9.17) is 5.73 Å². The van der Waals surface area contributed by atoms with E-state index < -0.39 is 18.3 Å². The summed E-state index contributed by atoms with van der Waals surface area (Å²) in [5.74, 6) is -0.519. The van der Waals surface area contributed by atoms with E-state index in [0.29, 0.717) is 49.5 Å². The summed E-state index contributed by atoms with van der Waals surface area (Å²) in [6, 6.07) is 13.4. The minimum Gasteiger partial charge on any atom is -0.366 e. The molecule has 1 aliphatic rings. The predicted octanol–water partition coefficient (Wildman–Crippen LogP) is 3.75. The van der Waals surface area contributed by atoms with Crippen molar-refractivity contribution in [1.29, 1.82) is 0 Å². The number of rotatable bonds is 7. The van der Waals surface area contributed by atoms with Gasteiger partial charge in [0.1, 0.15) is 12.3 Å². The van der Waals surface area contributed by atoms with Crippen molar-refractivity contribution in [1.82, 2.24) is 9.80 Å². The molecule has 6 nitrogen and oxygen atoms in total. The van der Waals surface area contributed by atoms with E-state index in [1.54, 1.807) is 72.2 Å². The highest BCUT2D eigenvalue weighted by molar-refractivity contribution is 5.93. The van der Waals surface area contributed by atoms with Crippen LogP contribution in [0.4, 0.5) is 19.3 Å². The number of amides is 3. The van der Waals surface area contributed by atoms with E-state index >= 15 is 0 Å². The maximum Gasteiger partial charge on any atom is 0.324 e. The summed E-state index contributed by atoms with van der Waals surface area (Å²) in [4.78, 5) is 30.2. The Morgan fingerprint density at radius 2 is 1.69 bits per heavy atom. The van der Waals surface area contributed by atoms with Crippen molar-refractivity contribution >= 4 is 17.6 Å². The number of alkyl halides is 2. The van der Waals surface area contributed by atoms with E-state index in [2.05, 4.69) is 0 Å². The molecule has 0 radical (unpaired) electrons. The molecule has 32 heavy (non-hydrogen) atoms. The summed E-state index contributed by atoms with van der Waals surface area (Å²) < 4.78 is 27.2.